The van der Waals surface area contributed by atoms with Gasteiger partial charge in [0.1, 0.15) is 54.4 Å². The molecular weight excluding hydrogens is 1290 g/mol. The zero-order chi connectivity index (χ0) is 70.7. The van der Waals surface area contributed by atoms with Crippen molar-refractivity contribution in [1.82, 2.24) is 45.5 Å². The number of alkyl carbamates (subject to hydrolysis) is 1. The number of unbranched alkanes of at least 4 members (excludes halogenated alkanes) is 1. The number of urea groups is 1. The van der Waals surface area contributed by atoms with Crippen LogP contribution < -0.4 is 47.7 Å². The van der Waals surface area contributed by atoms with Gasteiger partial charge in [-0.1, -0.05) is 44.2 Å². The Balaban J connectivity index is 0.883. The first-order chi connectivity index (χ1) is 46.9. The van der Waals surface area contributed by atoms with Gasteiger partial charge in [0, 0.05) is 111 Å². The van der Waals surface area contributed by atoms with Crippen molar-refractivity contribution in [2.75, 3.05) is 82.2 Å². The normalized spacial score (nSPS) is 14.7. The third kappa shape index (κ3) is 19.6. The van der Waals surface area contributed by atoms with Crippen molar-refractivity contribution in [2.45, 2.75) is 96.4 Å². The predicted octanol–water partition coefficient (Wildman–Crippen LogP) is 5.42. The minimum absolute atomic E-state index is 0.00335. The summed E-state index contributed by atoms with van der Waals surface area (Å²) in [4.78, 5) is 152. The third-order valence-electron chi connectivity index (χ3n) is 16.4. The fourth-order valence-corrected chi connectivity index (χ4v) is 11.3. The summed E-state index contributed by atoms with van der Waals surface area (Å²) in [5.41, 5.74) is 15.0. The van der Waals surface area contributed by atoms with Crippen LogP contribution in [0.15, 0.2) is 96.8 Å². The lowest BCUT2D eigenvalue weighted by atomic mass is 9.92. The highest BCUT2D eigenvalue weighted by Gasteiger charge is 2.38. The van der Waals surface area contributed by atoms with Gasteiger partial charge >= 0.3 is 30.3 Å². The van der Waals surface area contributed by atoms with E-state index in [0.29, 0.717) is 65.1 Å². The molecule has 4 aromatic carbocycles. The fourth-order valence-electron chi connectivity index (χ4n) is 11.1. The van der Waals surface area contributed by atoms with Gasteiger partial charge in [0.05, 0.1) is 25.4 Å². The predicted molar refractivity (Wildman–Crippen MR) is 358 cm³/mol. The van der Waals surface area contributed by atoms with E-state index in [9.17, 15) is 63.0 Å². The van der Waals surface area contributed by atoms with Crippen LogP contribution >= 0.6 is 11.6 Å². The number of hydrogen-bond donors (Lipinski definition) is 9. The molecule has 3 aliphatic rings. The highest BCUT2D eigenvalue weighted by atomic mass is 35.5. The molecule has 0 saturated heterocycles. The maximum atomic E-state index is 14.7. The standard InChI is InChI=1S/C67H80ClN13O17/c1-39(2)58(76-65(92)96-32-31-95-30-29-80-54(83)23-24-55(80)84)61(87)75-49(12-8-25-71-64(70)91)60(86)72-44-17-13-41(14-18-44)38-97-66(93)77(4)27-28-78(26-6-5-11-48(69)63(89)90)67(94)98-52-33-51-57(56-40(3)9-7-10-47(52)56)43(34-68)35-81(51)62(88)50-37-79-36-45(19-22-53(79)74-50)73-59(85)42-15-20-46(82)21-16-42/h7,9-10,13-18,20-21,23-24,33,36-37,39,43,48-49,58,82H,5-6,8,11-12,19,22,25-32,34-35,38,69H2,1-4H3,(H,72,86)(H,73,85)(H,75,87)(H,76,92)(H,89,90)(H3,70,71,91)/t43-,48+,49+,58+/m1/s1. The van der Waals surface area contributed by atoms with Crippen LogP contribution in [-0.2, 0) is 51.2 Å². The van der Waals surface area contributed by atoms with E-state index in [4.69, 9.17) is 47.0 Å². The number of carboxylic acids is 1. The zero-order valence-electron chi connectivity index (χ0n) is 54.6. The van der Waals surface area contributed by atoms with Crippen LogP contribution in [-0.4, -0.2) is 190 Å². The number of phenolic OH excluding ortho intramolecular Hbond substituents is 1. The van der Waals surface area contributed by atoms with E-state index in [1.807, 2.05) is 19.1 Å². The van der Waals surface area contributed by atoms with Crippen LogP contribution in [0.3, 0.4) is 0 Å². The molecule has 0 aliphatic carbocycles. The lowest BCUT2D eigenvalue weighted by molar-refractivity contribution is -0.139. The second-order valence-electron chi connectivity index (χ2n) is 23.9. The summed E-state index contributed by atoms with van der Waals surface area (Å²) in [7, 11) is 1.48. The second-order valence-corrected chi connectivity index (χ2v) is 24.2. The molecule has 30 nitrogen and oxygen atoms in total. The number of aryl methyl sites for hydroxylation is 2. The molecule has 0 spiro atoms. The maximum absolute atomic E-state index is 14.7. The first-order valence-electron chi connectivity index (χ1n) is 31.8. The van der Waals surface area contributed by atoms with E-state index in [2.05, 4.69) is 26.6 Å². The van der Waals surface area contributed by atoms with Gasteiger partial charge in [-0.05, 0) is 110 Å². The molecule has 11 N–H and O–H groups in total. The van der Waals surface area contributed by atoms with Gasteiger partial charge in [0.25, 0.3) is 23.6 Å². The number of alkyl halides is 1. The number of primary amides is 1. The summed E-state index contributed by atoms with van der Waals surface area (Å²) < 4.78 is 24.2. The Morgan fingerprint density at radius 3 is 2.26 bits per heavy atom. The summed E-state index contributed by atoms with van der Waals surface area (Å²) in [6, 6.07) is 15.1. The highest BCUT2D eigenvalue weighted by Crippen LogP contribution is 2.47. The molecule has 31 heteroatoms. The number of nitrogens with zero attached hydrogens (tertiary/aromatic N) is 6. The number of carboxylic acid groups (broad SMARTS) is 1. The number of nitrogens with two attached hydrogens (primary N) is 2. The van der Waals surface area contributed by atoms with Gasteiger partial charge in [-0.15, -0.1) is 11.6 Å². The smallest absolute Gasteiger partial charge is 0.415 e. The number of likely N-dealkylation sites (N-methyl/N-ethyl adjacent to an activating group) is 1. The van der Waals surface area contributed by atoms with Gasteiger partial charge in [0.15, 0.2) is 0 Å². The van der Waals surface area contributed by atoms with E-state index >= 15 is 0 Å². The summed E-state index contributed by atoms with van der Waals surface area (Å²) >= 11 is 6.67. The van der Waals surface area contributed by atoms with Crippen LogP contribution in [0.5, 0.6) is 11.5 Å². The molecule has 4 heterocycles. The zero-order valence-corrected chi connectivity index (χ0v) is 55.3. The Bertz CT molecular complexity index is 3840. The van der Waals surface area contributed by atoms with E-state index in [1.54, 1.807) is 72.1 Å². The lowest BCUT2D eigenvalue weighted by Gasteiger charge is -2.26. The molecule has 0 unspecified atom stereocenters. The van der Waals surface area contributed by atoms with Crippen molar-refractivity contribution in [3.8, 4) is 11.5 Å². The maximum Gasteiger partial charge on any atom is 0.415 e. The minimum atomic E-state index is -1.17. The number of anilines is 2. The van der Waals surface area contributed by atoms with E-state index in [-0.39, 0.29) is 120 Å². The number of ether oxygens (including phenoxy) is 4. The van der Waals surface area contributed by atoms with Gasteiger partial charge < -0.3 is 86.5 Å². The van der Waals surface area contributed by atoms with Crippen molar-refractivity contribution in [3.05, 3.63) is 131 Å². The van der Waals surface area contributed by atoms with Crippen molar-refractivity contribution in [1.29, 1.82) is 0 Å². The second kappa shape index (κ2) is 34.4. The van der Waals surface area contributed by atoms with Crippen LogP contribution in [0.1, 0.15) is 102 Å². The number of rotatable bonds is 32. The minimum Gasteiger partial charge on any atom is -0.508 e. The van der Waals surface area contributed by atoms with E-state index < -0.39 is 83.9 Å². The number of carbonyl (C=O) groups is 11. The number of aromatic hydroxyl groups is 1. The number of halogens is 1. The van der Waals surface area contributed by atoms with Crippen molar-refractivity contribution in [2.24, 2.45) is 17.4 Å². The quantitative estimate of drug-likeness (QED) is 0.0147. The molecule has 0 bridgehead atoms. The molecule has 522 valence electrons. The van der Waals surface area contributed by atoms with Crippen molar-refractivity contribution < 1.29 is 81.9 Å². The molecular formula is C67H80ClN13O17. The summed E-state index contributed by atoms with van der Waals surface area (Å²) in [5, 5.41) is 33.7. The van der Waals surface area contributed by atoms with Crippen molar-refractivity contribution in [3.63, 3.8) is 0 Å². The van der Waals surface area contributed by atoms with Gasteiger partial charge in [-0.3, -0.25) is 38.5 Å². The SMILES string of the molecule is Cc1cccc2c(OC(=O)N(CCCC[C@H](N)C(=O)O)CCN(C)C(=O)OCc3ccc(NC(=O)[C@H](CCCNC(N)=O)NC(=O)[C@@H](NC(=O)OCCOCCN4C(=O)C=CC4=O)C(C)C)cc3)cc3c(c12)[C@H](CCl)CN3C(=O)c1cn2c(n1)CCC(NC(=O)c1ccc(O)cc1)=C2. The van der Waals surface area contributed by atoms with E-state index in [0.717, 1.165) is 33.6 Å². The average molecular weight is 1370 g/mol. The molecule has 11 amide bonds. The Morgan fingerprint density at radius 1 is 0.827 bits per heavy atom. The molecule has 0 saturated carbocycles. The van der Waals surface area contributed by atoms with Crippen LogP contribution in [0.4, 0.5) is 30.6 Å². The lowest BCUT2D eigenvalue weighted by Crippen LogP contribution is -2.54. The Labute approximate surface area is 568 Å². The third-order valence-corrected chi connectivity index (χ3v) is 16.8. The fraction of sp³-hybridized carbons (Fsp3) is 0.403. The number of imidazole rings is 1. The number of allylic oxidation sites excluding steroid dienone is 1. The number of fused-ring (bicyclic) bond motifs is 4. The molecule has 5 aromatic rings. The summed E-state index contributed by atoms with van der Waals surface area (Å²) in [6.07, 6.45) is 4.97. The molecule has 98 heavy (non-hydrogen) atoms. The van der Waals surface area contributed by atoms with Crippen LogP contribution in [0.2, 0.25) is 0 Å². The van der Waals surface area contributed by atoms with Gasteiger partial charge in [-0.25, -0.2) is 24.2 Å². The molecule has 0 radical (unpaired) electrons. The highest BCUT2D eigenvalue weighted by molar-refractivity contribution is 6.19. The average Bonchev–Trinajstić information content (AvgIpc) is 1.55. The topological polar surface area (TPSA) is 408 Å². The Hall–Kier alpha value is -10.6. The number of aromatic nitrogens is 2. The number of aliphatic carboxylic acids is 1. The first-order valence-corrected chi connectivity index (χ1v) is 32.4. The Morgan fingerprint density at radius 2 is 1.56 bits per heavy atom. The molecule has 1 aromatic heterocycles. The number of hydrogen-bond acceptors (Lipinski definition) is 18. The molecule has 0 fully saturated rings. The molecule has 4 atom stereocenters. The van der Waals surface area contributed by atoms with Gasteiger partial charge in [0.2, 0.25) is 11.8 Å². The first kappa shape index (κ1) is 73.2. The number of nitrogens with one attached hydrogen (secondary N) is 5. The monoisotopic (exact) mass is 1370 g/mol. The summed E-state index contributed by atoms with van der Waals surface area (Å²) in [5.74, 6) is -4.13. The summed E-state index contributed by atoms with van der Waals surface area (Å²) in [6.45, 7) is 4.98. The Kier molecular flexibility index (Phi) is 25.7. The molecule has 8 rings (SSSR count). The molecule has 3 aliphatic heterocycles. The largest absolute Gasteiger partial charge is 0.508 e. The number of imide groups is 1. The van der Waals surface area contributed by atoms with Gasteiger partial charge in [-0.2, -0.15) is 0 Å². The number of benzene rings is 4. The van der Waals surface area contributed by atoms with E-state index in [1.165, 1.54) is 41.1 Å². The van der Waals surface area contributed by atoms with Crippen LogP contribution in [0.25, 0.3) is 17.0 Å². The number of phenols is 1. The van der Waals surface area contributed by atoms with Crippen molar-refractivity contribution >= 4 is 106 Å². The number of amides is 11. The van der Waals surface area contributed by atoms with Crippen LogP contribution in [0, 0.1) is 12.8 Å². The number of carbonyl (C=O) groups excluding carboxylic acids is 10.